The summed E-state index contributed by atoms with van der Waals surface area (Å²) in [6.07, 6.45) is 3.46. The van der Waals surface area contributed by atoms with Gasteiger partial charge in [-0.1, -0.05) is 0 Å². The summed E-state index contributed by atoms with van der Waals surface area (Å²) >= 11 is 0. The normalized spacial score (nSPS) is 30.6. The second-order valence-corrected chi connectivity index (χ2v) is 1.53. The second-order valence-electron chi connectivity index (χ2n) is 1.53. The Labute approximate surface area is 42.4 Å². The Hall–Kier alpha value is -0.500. The average Bonchev–Trinajstić information content (AvgIpc) is 1.55. The highest BCUT2D eigenvalue weighted by Crippen LogP contribution is 2.10. The molecular formula is C5H7O2. The Bertz CT molecular complexity index is 74.1. The largest absolute Gasteiger partial charge is 0.374 e. The fourth-order valence-electron chi connectivity index (χ4n) is 0.493. The summed E-state index contributed by atoms with van der Waals surface area (Å²) in [5.41, 5.74) is 0. The van der Waals surface area contributed by atoms with Crippen LogP contribution in [0.4, 0.5) is 0 Å². The van der Waals surface area contributed by atoms with Crippen molar-refractivity contribution in [2.75, 3.05) is 6.61 Å². The Morgan fingerprint density at radius 3 is 2.57 bits per heavy atom. The lowest BCUT2D eigenvalue weighted by molar-refractivity contribution is -0.0198. The van der Waals surface area contributed by atoms with Crippen LogP contribution < -0.4 is 0 Å². The van der Waals surface area contributed by atoms with Gasteiger partial charge in [0.05, 0.1) is 12.7 Å². The maximum absolute atomic E-state index is 9.67. The lowest BCUT2D eigenvalue weighted by Gasteiger charge is -2.21. The van der Waals surface area contributed by atoms with Crippen LogP contribution in [0.5, 0.6) is 0 Å². The van der Waals surface area contributed by atoms with Crippen molar-refractivity contribution >= 4 is 0 Å². The van der Waals surface area contributed by atoms with Gasteiger partial charge in [-0.25, -0.2) is 0 Å². The number of hydrogen-bond acceptors (Lipinski definition) is 1. The van der Waals surface area contributed by atoms with Crippen LogP contribution in [0, 0.1) is 0 Å². The predicted octanol–water partition coefficient (Wildman–Crippen LogP) is 0.720. The van der Waals surface area contributed by atoms with Crippen molar-refractivity contribution < 1.29 is 9.84 Å². The summed E-state index contributed by atoms with van der Waals surface area (Å²) in [6, 6.07) is 0. The fraction of sp³-hybridized carbons (Fsp3) is 0.600. The van der Waals surface area contributed by atoms with Crippen molar-refractivity contribution in [2.45, 2.75) is 12.5 Å². The van der Waals surface area contributed by atoms with Crippen molar-refractivity contribution in [1.82, 2.24) is 0 Å². The van der Waals surface area contributed by atoms with Crippen molar-refractivity contribution in [3.63, 3.8) is 0 Å². The van der Waals surface area contributed by atoms with E-state index in [1.165, 1.54) is 6.08 Å². The first-order valence-electron chi connectivity index (χ1n) is 2.33. The molecule has 1 fully saturated rings. The van der Waals surface area contributed by atoms with E-state index < -0.39 is 0 Å². The lowest BCUT2D eigenvalue weighted by Crippen LogP contribution is -2.23. The van der Waals surface area contributed by atoms with Crippen molar-refractivity contribution in [3.05, 3.63) is 12.3 Å². The molecule has 1 radical (unpaired) electrons. The molecular weight excluding hydrogens is 92.1 g/mol. The Balaban J connectivity index is 2.14. The van der Waals surface area contributed by atoms with Gasteiger partial charge in [0.25, 0.3) is 0 Å². The minimum atomic E-state index is 0.137. The molecule has 1 aliphatic heterocycles. The molecule has 0 aliphatic carbocycles. The Kier molecular flexibility index (Phi) is 1.32. The summed E-state index contributed by atoms with van der Waals surface area (Å²) in [7, 11) is 0. The highest BCUT2D eigenvalue weighted by Gasteiger charge is 2.13. The smallest absolute Gasteiger partial charge is 0.141 e. The third kappa shape index (κ3) is 0.933. The van der Waals surface area contributed by atoms with E-state index in [0.717, 1.165) is 19.3 Å². The highest BCUT2D eigenvalue weighted by atomic mass is 16.5. The molecule has 0 aromatic heterocycles. The maximum atomic E-state index is 9.67. The zero-order valence-electron chi connectivity index (χ0n) is 3.96. The van der Waals surface area contributed by atoms with E-state index in [4.69, 9.17) is 4.74 Å². The molecule has 1 saturated heterocycles. The minimum absolute atomic E-state index is 0.137. The van der Waals surface area contributed by atoms with Crippen LogP contribution in [-0.2, 0) is 9.84 Å². The van der Waals surface area contributed by atoms with E-state index in [1.807, 2.05) is 0 Å². The first kappa shape index (κ1) is 4.65. The van der Waals surface area contributed by atoms with Crippen LogP contribution in [0.2, 0.25) is 0 Å². The van der Waals surface area contributed by atoms with Crippen LogP contribution in [-0.4, -0.2) is 12.7 Å². The van der Waals surface area contributed by atoms with Gasteiger partial charge in [-0.05, 0) is 6.08 Å². The quantitative estimate of drug-likeness (QED) is 0.445. The van der Waals surface area contributed by atoms with Gasteiger partial charge < -0.3 is 4.74 Å². The minimum Gasteiger partial charge on any atom is -0.374 e. The average molecular weight is 99.1 g/mol. The number of rotatable bonds is 1. The fourth-order valence-corrected chi connectivity index (χ4v) is 0.493. The summed E-state index contributed by atoms with van der Waals surface area (Å²) in [5, 5.41) is 9.67. The van der Waals surface area contributed by atoms with E-state index in [-0.39, 0.29) is 6.10 Å². The topological polar surface area (TPSA) is 29.1 Å². The molecule has 0 N–H and O–H groups in total. The van der Waals surface area contributed by atoms with E-state index >= 15 is 0 Å². The Morgan fingerprint density at radius 2 is 2.43 bits per heavy atom. The first-order valence-corrected chi connectivity index (χ1v) is 2.33. The molecule has 0 amide bonds. The molecule has 7 heavy (non-hydrogen) atoms. The van der Waals surface area contributed by atoms with Crippen LogP contribution >= 0.6 is 0 Å². The van der Waals surface area contributed by atoms with Gasteiger partial charge in [0.2, 0.25) is 0 Å². The molecule has 0 bridgehead atoms. The summed E-state index contributed by atoms with van der Waals surface area (Å²) < 4.78 is 4.88. The molecule has 0 aromatic carbocycles. The van der Waals surface area contributed by atoms with Gasteiger partial charge in [0.1, 0.15) is 6.26 Å². The molecule has 0 spiro atoms. The van der Waals surface area contributed by atoms with Crippen molar-refractivity contribution in [2.24, 2.45) is 0 Å². The molecule has 1 aliphatic rings. The molecule has 1 atom stereocenters. The van der Waals surface area contributed by atoms with Gasteiger partial charge in [-0.15, -0.1) is 0 Å². The number of hydrogen-bond donors (Lipinski definition) is 0. The third-order valence-corrected chi connectivity index (χ3v) is 1.03. The second kappa shape index (κ2) is 1.98. The Morgan fingerprint density at radius 1 is 1.71 bits per heavy atom. The van der Waals surface area contributed by atoms with Gasteiger partial charge in [-0.3, -0.25) is 5.11 Å². The lowest BCUT2D eigenvalue weighted by atomic mass is 10.2. The summed E-state index contributed by atoms with van der Waals surface area (Å²) in [5.74, 6) is 0. The zero-order valence-corrected chi connectivity index (χ0v) is 3.96. The SMILES string of the molecule is [O]C=CC1CCO1. The highest BCUT2D eigenvalue weighted by molar-refractivity contribution is 4.87. The molecule has 0 saturated carbocycles. The molecule has 2 nitrogen and oxygen atoms in total. The van der Waals surface area contributed by atoms with Gasteiger partial charge in [0, 0.05) is 6.42 Å². The molecule has 1 unspecified atom stereocenters. The standard InChI is InChI=1S/C5H7O2/c6-3-1-5-2-4-7-5/h1,3,5H,2,4H2. The number of ether oxygens (including phenoxy) is 1. The maximum Gasteiger partial charge on any atom is 0.141 e. The van der Waals surface area contributed by atoms with Crippen molar-refractivity contribution in [3.8, 4) is 0 Å². The monoisotopic (exact) mass is 99.0 g/mol. The molecule has 1 heterocycles. The third-order valence-electron chi connectivity index (χ3n) is 1.03. The van der Waals surface area contributed by atoms with E-state index in [1.54, 1.807) is 0 Å². The van der Waals surface area contributed by atoms with Crippen LogP contribution in [0.15, 0.2) is 12.3 Å². The van der Waals surface area contributed by atoms with E-state index in [0.29, 0.717) is 0 Å². The first-order chi connectivity index (χ1) is 3.43. The van der Waals surface area contributed by atoms with E-state index in [9.17, 15) is 5.11 Å². The van der Waals surface area contributed by atoms with Crippen LogP contribution in [0.3, 0.4) is 0 Å². The predicted molar refractivity (Wildman–Crippen MR) is 24.2 cm³/mol. The summed E-state index contributed by atoms with van der Waals surface area (Å²) in [6.45, 7) is 0.814. The van der Waals surface area contributed by atoms with Crippen LogP contribution in [0.1, 0.15) is 6.42 Å². The van der Waals surface area contributed by atoms with Gasteiger partial charge >= 0.3 is 0 Å². The molecule has 39 valence electrons. The van der Waals surface area contributed by atoms with Crippen molar-refractivity contribution in [1.29, 1.82) is 0 Å². The van der Waals surface area contributed by atoms with Gasteiger partial charge in [-0.2, -0.15) is 0 Å². The zero-order chi connectivity index (χ0) is 5.11. The molecule has 0 aromatic rings. The molecule has 2 heteroatoms. The van der Waals surface area contributed by atoms with Gasteiger partial charge in [0.15, 0.2) is 0 Å². The van der Waals surface area contributed by atoms with Crippen LogP contribution in [0.25, 0.3) is 0 Å². The summed E-state index contributed by atoms with van der Waals surface area (Å²) in [4.78, 5) is 0. The molecule has 1 rings (SSSR count). The van der Waals surface area contributed by atoms with E-state index in [2.05, 4.69) is 0 Å².